The number of carbonyl (C=O) groups excluding carboxylic acids is 1. The highest BCUT2D eigenvalue weighted by Gasteiger charge is 2.29. The van der Waals surface area contributed by atoms with E-state index in [9.17, 15) is 13.2 Å². The Morgan fingerprint density at radius 1 is 1.00 bits per heavy atom. The zero-order valence-electron chi connectivity index (χ0n) is 24.3. The van der Waals surface area contributed by atoms with Crippen molar-refractivity contribution in [3.8, 4) is 17.2 Å². The Labute approximate surface area is 270 Å². The van der Waals surface area contributed by atoms with Crippen LogP contribution in [0.5, 0.6) is 17.2 Å². The molecule has 230 valence electrons. The van der Waals surface area contributed by atoms with Gasteiger partial charge in [0.15, 0.2) is 11.5 Å². The van der Waals surface area contributed by atoms with Gasteiger partial charge in [-0.1, -0.05) is 53.6 Å². The van der Waals surface area contributed by atoms with Crippen molar-refractivity contribution < 1.29 is 27.4 Å². The molecule has 44 heavy (non-hydrogen) atoms. The van der Waals surface area contributed by atoms with Crippen LogP contribution in [0.3, 0.4) is 0 Å². The van der Waals surface area contributed by atoms with E-state index in [1.807, 2.05) is 19.1 Å². The van der Waals surface area contributed by atoms with Crippen LogP contribution in [0.2, 0.25) is 5.02 Å². The highest BCUT2D eigenvalue weighted by molar-refractivity contribution is 9.10. The number of hydrogen-bond donors (Lipinski definition) is 1. The van der Waals surface area contributed by atoms with Gasteiger partial charge >= 0.3 is 0 Å². The van der Waals surface area contributed by atoms with Gasteiger partial charge in [-0.05, 0) is 89.4 Å². The van der Waals surface area contributed by atoms with Crippen LogP contribution in [0.15, 0.2) is 99.4 Å². The molecule has 0 atom stereocenters. The Morgan fingerprint density at radius 3 is 2.39 bits per heavy atom. The van der Waals surface area contributed by atoms with Crippen molar-refractivity contribution in [3.63, 3.8) is 0 Å². The van der Waals surface area contributed by atoms with Crippen LogP contribution in [-0.4, -0.2) is 40.8 Å². The molecule has 0 aliphatic rings. The molecular formula is C32H31BrClN3O6S. The van der Waals surface area contributed by atoms with E-state index in [0.29, 0.717) is 45.5 Å². The molecule has 0 aliphatic heterocycles. The number of benzene rings is 4. The van der Waals surface area contributed by atoms with E-state index in [1.165, 1.54) is 25.5 Å². The summed E-state index contributed by atoms with van der Waals surface area (Å²) in [6.45, 7) is 3.73. The van der Waals surface area contributed by atoms with Crippen LogP contribution in [0.25, 0.3) is 0 Å². The van der Waals surface area contributed by atoms with Gasteiger partial charge < -0.3 is 14.2 Å². The number of nitrogens with one attached hydrogen (secondary N) is 1. The molecule has 0 saturated carbocycles. The van der Waals surface area contributed by atoms with E-state index in [1.54, 1.807) is 67.6 Å². The molecule has 0 fully saturated rings. The van der Waals surface area contributed by atoms with Crippen molar-refractivity contribution in [2.24, 2.45) is 5.10 Å². The van der Waals surface area contributed by atoms with Crippen molar-refractivity contribution in [2.45, 2.75) is 25.3 Å². The first-order chi connectivity index (χ1) is 21.1. The zero-order chi connectivity index (χ0) is 31.7. The third-order valence-corrected chi connectivity index (χ3v) is 8.90. The van der Waals surface area contributed by atoms with Gasteiger partial charge in [-0.3, -0.25) is 9.10 Å². The summed E-state index contributed by atoms with van der Waals surface area (Å²) in [5, 5.41) is 4.69. The lowest BCUT2D eigenvalue weighted by molar-refractivity contribution is -0.119. The summed E-state index contributed by atoms with van der Waals surface area (Å²) in [6.07, 6.45) is 1.42. The summed E-state index contributed by atoms with van der Waals surface area (Å²) < 4.78 is 46.3. The predicted octanol–water partition coefficient (Wildman–Crippen LogP) is 6.74. The summed E-state index contributed by atoms with van der Waals surface area (Å²) in [5.74, 6) is 0.618. The number of ether oxygens (including phenoxy) is 3. The summed E-state index contributed by atoms with van der Waals surface area (Å²) in [7, 11) is -2.62. The molecule has 0 heterocycles. The molecule has 0 unspecified atom stereocenters. The number of sulfonamides is 1. The fourth-order valence-electron chi connectivity index (χ4n) is 4.11. The van der Waals surface area contributed by atoms with E-state index < -0.39 is 22.5 Å². The second-order valence-corrected chi connectivity index (χ2v) is 12.6. The van der Waals surface area contributed by atoms with Gasteiger partial charge in [0, 0.05) is 5.02 Å². The molecule has 0 radical (unpaired) electrons. The average Bonchev–Trinajstić information content (AvgIpc) is 3.00. The zero-order valence-corrected chi connectivity index (χ0v) is 27.4. The van der Waals surface area contributed by atoms with Crippen LogP contribution >= 0.6 is 27.5 Å². The first kappa shape index (κ1) is 32.8. The van der Waals surface area contributed by atoms with Crippen LogP contribution in [0, 0.1) is 6.92 Å². The quantitative estimate of drug-likeness (QED) is 0.122. The number of halogens is 2. The second kappa shape index (κ2) is 15.1. The van der Waals surface area contributed by atoms with Crippen molar-refractivity contribution in [3.05, 3.63) is 111 Å². The number of carbonyl (C=O) groups is 1. The van der Waals surface area contributed by atoms with Crippen LogP contribution in [-0.2, 0) is 21.4 Å². The molecule has 9 nitrogen and oxygen atoms in total. The minimum absolute atomic E-state index is 0.0426. The van der Waals surface area contributed by atoms with Crippen molar-refractivity contribution in [1.82, 2.24) is 5.43 Å². The molecule has 12 heteroatoms. The average molecular weight is 701 g/mol. The van der Waals surface area contributed by atoms with Gasteiger partial charge in [-0.25, -0.2) is 13.8 Å². The molecule has 1 amide bonds. The number of aryl methyl sites for hydroxylation is 1. The summed E-state index contributed by atoms with van der Waals surface area (Å²) in [4.78, 5) is 13.1. The molecule has 0 aromatic heterocycles. The minimum Gasteiger partial charge on any atom is -0.493 e. The number of methoxy groups -OCH3 is 1. The SMILES string of the molecule is CCOc1ccccc1N(CC(=O)N/N=C\c1cc(Br)c(OCc2ccc(Cl)cc2)c(OC)c1)S(=O)(=O)c1ccc(C)cc1. The van der Waals surface area contributed by atoms with Crippen LogP contribution in [0.1, 0.15) is 23.6 Å². The third kappa shape index (κ3) is 8.31. The predicted molar refractivity (Wildman–Crippen MR) is 176 cm³/mol. The fraction of sp³-hybridized carbons (Fsp3) is 0.188. The van der Waals surface area contributed by atoms with Crippen molar-refractivity contribution in [2.75, 3.05) is 24.6 Å². The Hall–Kier alpha value is -4.06. The molecular weight excluding hydrogens is 670 g/mol. The largest absolute Gasteiger partial charge is 0.493 e. The first-order valence-electron chi connectivity index (χ1n) is 13.5. The lowest BCUT2D eigenvalue weighted by atomic mass is 10.2. The van der Waals surface area contributed by atoms with Crippen molar-refractivity contribution >= 4 is 55.4 Å². The standard InChI is InChI=1S/C32H31BrClN3O6S/c1-4-42-29-8-6-5-7-28(29)37(44(39,40)26-15-9-22(2)10-16-26)20-31(38)36-35-19-24-17-27(33)32(30(18-24)41-3)43-21-23-11-13-25(34)14-12-23/h5-19H,4,20-21H2,1-3H3,(H,36,38)/b35-19-. The van der Waals surface area contributed by atoms with Crippen molar-refractivity contribution in [1.29, 1.82) is 0 Å². The third-order valence-electron chi connectivity index (χ3n) is 6.28. The number of hydrazone groups is 1. The number of nitrogens with zero attached hydrogens (tertiary/aromatic N) is 2. The lowest BCUT2D eigenvalue weighted by Gasteiger charge is -2.25. The molecule has 0 aliphatic carbocycles. The number of rotatable bonds is 13. The smallest absolute Gasteiger partial charge is 0.264 e. The van der Waals surface area contributed by atoms with E-state index in [-0.39, 0.29) is 10.6 Å². The highest BCUT2D eigenvalue weighted by atomic mass is 79.9. The van der Waals surface area contributed by atoms with E-state index in [2.05, 4.69) is 26.5 Å². The Bertz CT molecular complexity index is 1730. The topological polar surface area (TPSA) is 107 Å². The number of anilines is 1. The molecule has 4 aromatic rings. The van der Waals surface area contributed by atoms with E-state index in [0.717, 1.165) is 15.4 Å². The first-order valence-corrected chi connectivity index (χ1v) is 16.1. The fourth-order valence-corrected chi connectivity index (χ4v) is 6.24. The second-order valence-electron chi connectivity index (χ2n) is 9.47. The van der Waals surface area contributed by atoms with Gasteiger partial charge in [0.25, 0.3) is 15.9 Å². The number of hydrogen-bond acceptors (Lipinski definition) is 7. The minimum atomic E-state index is -4.13. The molecule has 0 bridgehead atoms. The monoisotopic (exact) mass is 699 g/mol. The molecule has 4 rings (SSSR count). The van der Waals surface area contributed by atoms with Gasteiger partial charge in [-0.15, -0.1) is 0 Å². The lowest BCUT2D eigenvalue weighted by Crippen LogP contribution is -2.39. The summed E-state index contributed by atoms with van der Waals surface area (Å²) in [5.41, 5.74) is 5.09. The van der Waals surface area contributed by atoms with Gasteiger partial charge in [0.05, 0.1) is 35.0 Å². The van der Waals surface area contributed by atoms with Gasteiger partial charge in [0.1, 0.15) is 18.9 Å². The Kier molecular flexibility index (Phi) is 11.3. The number of para-hydroxylation sites is 2. The maximum Gasteiger partial charge on any atom is 0.264 e. The molecule has 1 N–H and O–H groups in total. The summed E-state index contributed by atoms with van der Waals surface area (Å²) >= 11 is 9.47. The van der Waals surface area contributed by atoms with Crippen LogP contribution < -0.4 is 23.9 Å². The Morgan fingerprint density at radius 2 is 1.70 bits per heavy atom. The summed E-state index contributed by atoms with van der Waals surface area (Å²) in [6, 6.07) is 23.8. The molecule has 0 saturated heterocycles. The van der Waals surface area contributed by atoms with Gasteiger partial charge in [0.2, 0.25) is 0 Å². The molecule has 4 aromatic carbocycles. The normalized spacial score (nSPS) is 11.3. The van der Waals surface area contributed by atoms with E-state index >= 15 is 0 Å². The number of amides is 1. The van der Waals surface area contributed by atoms with Crippen LogP contribution in [0.4, 0.5) is 5.69 Å². The maximum absolute atomic E-state index is 13.7. The Balaban J connectivity index is 1.52. The highest BCUT2D eigenvalue weighted by Crippen LogP contribution is 2.37. The molecule has 0 spiro atoms. The van der Waals surface area contributed by atoms with Gasteiger partial charge in [-0.2, -0.15) is 5.10 Å². The van der Waals surface area contributed by atoms with E-state index in [4.69, 9.17) is 25.8 Å². The maximum atomic E-state index is 13.7.